The third kappa shape index (κ3) is 4.75. The van der Waals surface area contributed by atoms with Crippen LogP contribution in [0.4, 0.5) is 4.39 Å². The van der Waals surface area contributed by atoms with Crippen LogP contribution in [0.2, 0.25) is 0 Å². The van der Waals surface area contributed by atoms with Gasteiger partial charge in [0.1, 0.15) is 11.8 Å². The minimum absolute atomic E-state index is 0.0889. The Morgan fingerprint density at radius 1 is 1.23 bits per heavy atom. The molecule has 0 radical (unpaired) electrons. The Labute approximate surface area is 171 Å². The zero-order chi connectivity index (χ0) is 20.9. The predicted octanol–water partition coefficient (Wildman–Crippen LogP) is 2.99. The van der Waals surface area contributed by atoms with E-state index >= 15 is 0 Å². The molecule has 1 amide bonds. The lowest BCUT2D eigenvalue weighted by atomic mass is 10.2. The molecule has 0 aliphatic heterocycles. The normalized spacial score (nSPS) is 13.3. The van der Waals surface area contributed by atoms with Gasteiger partial charge in [-0.2, -0.15) is 5.10 Å². The Morgan fingerprint density at radius 2 is 2.10 bits per heavy atom. The van der Waals surface area contributed by atoms with Gasteiger partial charge in [0.05, 0.1) is 31.4 Å². The van der Waals surface area contributed by atoms with E-state index in [1.54, 1.807) is 18.5 Å². The molecule has 1 aliphatic rings. The third-order valence-electron chi connectivity index (χ3n) is 4.27. The van der Waals surface area contributed by atoms with Crippen molar-refractivity contribution >= 4 is 12.1 Å². The van der Waals surface area contributed by atoms with E-state index in [2.05, 4.69) is 25.5 Å². The number of methoxy groups -OCH3 is 1. The van der Waals surface area contributed by atoms with Gasteiger partial charge < -0.3 is 9.47 Å². The van der Waals surface area contributed by atoms with Crippen molar-refractivity contribution in [2.24, 2.45) is 5.10 Å². The number of hydrogen-bond donors (Lipinski definition) is 1. The molecule has 0 bridgehead atoms. The number of rotatable bonds is 7. The Morgan fingerprint density at radius 3 is 2.83 bits per heavy atom. The summed E-state index contributed by atoms with van der Waals surface area (Å²) in [4.78, 5) is 25.0. The minimum atomic E-state index is -0.531. The standard InChI is InChI=1S/C21H18FN5O3/c1-29-19-8-13(2-6-16(19)22)9-25-27-21(28)18-12-23-11-17(26-18)14-3-7-20(24-10-14)30-15-4-5-15/h2-3,6-12,15H,4-5H2,1H3,(H,27,28)/b25-9+. The maximum atomic E-state index is 13.4. The largest absolute Gasteiger partial charge is 0.494 e. The van der Waals surface area contributed by atoms with Crippen LogP contribution in [-0.2, 0) is 0 Å². The van der Waals surface area contributed by atoms with Crippen LogP contribution in [0.3, 0.4) is 0 Å². The summed E-state index contributed by atoms with van der Waals surface area (Å²) in [7, 11) is 1.37. The van der Waals surface area contributed by atoms with Gasteiger partial charge in [0.2, 0.25) is 5.88 Å². The fourth-order valence-corrected chi connectivity index (χ4v) is 2.55. The molecule has 0 unspecified atom stereocenters. The number of amides is 1. The lowest BCUT2D eigenvalue weighted by molar-refractivity contribution is 0.0950. The van der Waals surface area contributed by atoms with Crippen molar-refractivity contribution in [1.82, 2.24) is 20.4 Å². The lowest BCUT2D eigenvalue weighted by Crippen LogP contribution is -2.19. The number of nitrogens with zero attached hydrogens (tertiary/aromatic N) is 4. The van der Waals surface area contributed by atoms with Crippen LogP contribution in [-0.4, -0.2) is 40.3 Å². The summed E-state index contributed by atoms with van der Waals surface area (Å²) in [5, 5.41) is 3.87. The fraction of sp³-hybridized carbons (Fsp3) is 0.190. The second-order valence-electron chi connectivity index (χ2n) is 6.58. The number of nitrogens with one attached hydrogen (secondary N) is 1. The van der Waals surface area contributed by atoms with Crippen molar-refractivity contribution in [2.45, 2.75) is 18.9 Å². The van der Waals surface area contributed by atoms with Gasteiger partial charge in [-0.1, -0.05) is 6.07 Å². The second kappa shape index (κ2) is 8.64. The van der Waals surface area contributed by atoms with Crippen LogP contribution in [0.5, 0.6) is 11.6 Å². The average Bonchev–Trinajstić information content (AvgIpc) is 3.59. The average molecular weight is 407 g/mol. The molecule has 1 aliphatic carbocycles. The number of halogens is 1. The van der Waals surface area contributed by atoms with Crippen LogP contribution in [0.25, 0.3) is 11.3 Å². The molecule has 2 aromatic heterocycles. The second-order valence-corrected chi connectivity index (χ2v) is 6.58. The van der Waals surface area contributed by atoms with Crippen molar-refractivity contribution in [1.29, 1.82) is 0 Å². The Bertz CT molecular complexity index is 1080. The summed E-state index contributed by atoms with van der Waals surface area (Å²) < 4.78 is 24.0. The van der Waals surface area contributed by atoms with Crippen molar-refractivity contribution in [3.05, 3.63) is 66.0 Å². The molecular formula is C21H18FN5O3. The first-order chi connectivity index (χ1) is 14.6. The molecule has 0 spiro atoms. The van der Waals surface area contributed by atoms with Crippen LogP contribution in [0, 0.1) is 5.82 Å². The zero-order valence-corrected chi connectivity index (χ0v) is 16.1. The van der Waals surface area contributed by atoms with Crippen LogP contribution in [0.1, 0.15) is 28.9 Å². The fourth-order valence-electron chi connectivity index (χ4n) is 2.55. The predicted molar refractivity (Wildman–Crippen MR) is 107 cm³/mol. The summed E-state index contributed by atoms with van der Waals surface area (Å²) >= 11 is 0. The zero-order valence-electron chi connectivity index (χ0n) is 16.1. The van der Waals surface area contributed by atoms with E-state index in [9.17, 15) is 9.18 Å². The maximum Gasteiger partial charge on any atom is 0.291 e. The highest BCUT2D eigenvalue weighted by Crippen LogP contribution is 2.26. The molecule has 1 aromatic carbocycles. The molecule has 2 heterocycles. The number of carbonyl (C=O) groups excluding carboxylic acids is 1. The topological polar surface area (TPSA) is 98.6 Å². The van der Waals surface area contributed by atoms with E-state index in [4.69, 9.17) is 9.47 Å². The quantitative estimate of drug-likeness (QED) is 0.478. The number of benzene rings is 1. The molecule has 4 rings (SSSR count). The van der Waals surface area contributed by atoms with Gasteiger partial charge in [-0.3, -0.25) is 9.78 Å². The first-order valence-corrected chi connectivity index (χ1v) is 9.24. The van der Waals surface area contributed by atoms with Gasteiger partial charge in [-0.15, -0.1) is 0 Å². The van der Waals surface area contributed by atoms with Crippen molar-refractivity contribution in [3.63, 3.8) is 0 Å². The number of carbonyl (C=O) groups is 1. The van der Waals surface area contributed by atoms with Gasteiger partial charge in [-0.25, -0.2) is 19.8 Å². The molecule has 30 heavy (non-hydrogen) atoms. The highest BCUT2D eigenvalue weighted by molar-refractivity contribution is 5.93. The lowest BCUT2D eigenvalue weighted by Gasteiger charge is -2.05. The molecule has 3 aromatic rings. The van der Waals surface area contributed by atoms with Gasteiger partial charge in [0.15, 0.2) is 11.6 Å². The molecule has 152 valence electrons. The number of aromatic nitrogens is 3. The summed E-state index contributed by atoms with van der Waals surface area (Å²) in [5.74, 6) is -0.357. The van der Waals surface area contributed by atoms with Crippen molar-refractivity contribution < 1.29 is 18.7 Å². The summed E-state index contributed by atoms with van der Waals surface area (Å²) in [6, 6.07) is 7.82. The maximum absolute atomic E-state index is 13.4. The van der Waals surface area contributed by atoms with E-state index in [-0.39, 0.29) is 17.5 Å². The summed E-state index contributed by atoms with van der Waals surface area (Å²) in [6.45, 7) is 0. The van der Waals surface area contributed by atoms with Gasteiger partial charge >= 0.3 is 0 Å². The van der Waals surface area contributed by atoms with Crippen molar-refractivity contribution in [3.8, 4) is 22.9 Å². The van der Waals surface area contributed by atoms with Crippen LogP contribution >= 0.6 is 0 Å². The summed E-state index contributed by atoms with van der Waals surface area (Å²) in [5.41, 5.74) is 4.24. The van der Waals surface area contributed by atoms with E-state index in [1.165, 1.54) is 37.7 Å². The van der Waals surface area contributed by atoms with Crippen LogP contribution < -0.4 is 14.9 Å². The Balaban J connectivity index is 1.42. The molecule has 0 atom stereocenters. The minimum Gasteiger partial charge on any atom is -0.494 e. The van der Waals surface area contributed by atoms with E-state index < -0.39 is 11.7 Å². The Kier molecular flexibility index (Phi) is 5.60. The monoisotopic (exact) mass is 407 g/mol. The van der Waals surface area contributed by atoms with Crippen LogP contribution in [0.15, 0.2) is 54.0 Å². The number of hydrogen-bond acceptors (Lipinski definition) is 7. The highest BCUT2D eigenvalue weighted by Gasteiger charge is 2.23. The third-order valence-corrected chi connectivity index (χ3v) is 4.27. The van der Waals surface area contributed by atoms with Crippen molar-refractivity contribution in [2.75, 3.05) is 7.11 Å². The number of hydrazone groups is 1. The molecule has 8 nitrogen and oxygen atoms in total. The Hall–Kier alpha value is -3.88. The SMILES string of the molecule is COc1cc(/C=N/NC(=O)c2cncc(-c3ccc(OC4CC4)nc3)n2)ccc1F. The molecule has 9 heteroatoms. The van der Waals surface area contributed by atoms with Gasteiger partial charge in [0, 0.05) is 17.8 Å². The summed E-state index contributed by atoms with van der Waals surface area (Å²) in [6.07, 6.45) is 8.28. The molecular weight excluding hydrogens is 389 g/mol. The van der Waals surface area contributed by atoms with Gasteiger partial charge in [-0.05, 0) is 36.6 Å². The van der Waals surface area contributed by atoms with E-state index in [0.29, 0.717) is 22.7 Å². The smallest absolute Gasteiger partial charge is 0.291 e. The molecule has 1 fully saturated rings. The first-order valence-electron chi connectivity index (χ1n) is 9.24. The molecule has 1 saturated carbocycles. The molecule has 1 N–H and O–H groups in total. The van der Waals surface area contributed by atoms with E-state index in [1.807, 2.05) is 6.07 Å². The van der Waals surface area contributed by atoms with E-state index in [0.717, 1.165) is 12.8 Å². The number of pyridine rings is 1. The van der Waals surface area contributed by atoms with Gasteiger partial charge in [0.25, 0.3) is 5.91 Å². The first kappa shape index (κ1) is 19.4. The molecule has 0 saturated heterocycles. The number of ether oxygens (including phenoxy) is 2. The highest BCUT2D eigenvalue weighted by atomic mass is 19.1.